The van der Waals surface area contributed by atoms with Gasteiger partial charge in [-0.05, 0) is 19.8 Å². The number of guanidine groups is 1. The molecule has 1 aliphatic heterocycles. The molecule has 27 heavy (non-hydrogen) atoms. The van der Waals surface area contributed by atoms with Crippen LogP contribution in [0.3, 0.4) is 0 Å². The zero-order valence-corrected chi connectivity index (χ0v) is 17.7. The quantitative estimate of drug-likeness (QED) is 0.544. The number of nitrogens with zero attached hydrogens (tertiary/aromatic N) is 3. The molecule has 8 heteroatoms. The molecule has 2 rings (SSSR count). The number of likely N-dealkylation sites (tertiary alicyclic amines) is 1. The van der Waals surface area contributed by atoms with Gasteiger partial charge < -0.3 is 10.6 Å². The summed E-state index contributed by atoms with van der Waals surface area (Å²) in [6.45, 7) is 11.3. The second kappa shape index (κ2) is 10.3. The monoisotopic (exact) mass is 401 g/mol. The molecule has 0 aromatic carbocycles. The Bertz CT molecular complexity index is 589. The number of hydrogen-bond donors (Lipinski definition) is 2. The topological polar surface area (TPSA) is 52.6 Å². The van der Waals surface area contributed by atoms with Gasteiger partial charge in [0.1, 0.15) is 0 Å². The molecule has 1 aliphatic rings. The summed E-state index contributed by atoms with van der Waals surface area (Å²) >= 11 is 1.69. The predicted molar refractivity (Wildman–Crippen MR) is 109 cm³/mol. The maximum atomic E-state index is 12.5. The van der Waals surface area contributed by atoms with E-state index in [0.29, 0.717) is 19.6 Å². The third-order valence-corrected chi connectivity index (χ3v) is 5.49. The molecule has 0 bridgehead atoms. The highest BCUT2D eigenvalue weighted by Crippen LogP contribution is 2.24. The van der Waals surface area contributed by atoms with Crippen LogP contribution in [-0.4, -0.2) is 61.0 Å². The standard InChI is InChI=1S/C19H33F2N5S/c1-5-22-18(24-14-7-10-26(11-8-14)12-16(20)21)23-9-6-17-25-15(13-27-17)19(2,3)4/h13-14,16H,5-12H2,1-4H3,(H2,22,23,24). The largest absolute Gasteiger partial charge is 0.357 e. The summed E-state index contributed by atoms with van der Waals surface area (Å²) in [5.74, 6) is 0.803. The van der Waals surface area contributed by atoms with Crippen molar-refractivity contribution in [3.63, 3.8) is 0 Å². The van der Waals surface area contributed by atoms with E-state index in [9.17, 15) is 8.78 Å². The number of thiazole rings is 1. The Kier molecular flexibility index (Phi) is 8.41. The maximum absolute atomic E-state index is 12.5. The van der Waals surface area contributed by atoms with E-state index in [2.05, 4.69) is 41.8 Å². The number of nitrogens with one attached hydrogen (secondary N) is 2. The third-order valence-electron chi connectivity index (χ3n) is 4.58. The van der Waals surface area contributed by atoms with Gasteiger partial charge >= 0.3 is 0 Å². The van der Waals surface area contributed by atoms with Gasteiger partial charge in [0.15, 0.2) is 5.96 Å². The molecule has 2 heterocycles. The molecule has 1 fully saturated rings. The van der Waals surface area contributed by atoms with Crippen molar-refractivity contribution < 1.29 is 8.78 Å². The SMILES string of the molecule is CCNC(=NCCc1nc(C(C)(C)C)cs1)NC1CCN(CC(F)F)CC1. The lowest BCUT2D eigenvalue weighted by Crippen LogP contribution is -2.49. The van der Waals surface area contributed by atoms with Gasteiger partial charge in [0, 0.05) is 49.4 Å². The molecular formula is C19H33F2N5S. The van der Waals surface area contributed by atoms with Gasteiger partial charge in [0.25, 0.3) is 6.43 Å². The molecule has 0 aliphatic carbocycles. The minimum Gasteiger partial charge on any atom is -0.357 e. The number of hydrogen-bond acceptors (Lipinski definition) is 4. The van der Waals surface area contributed by atoms with Crippen LogP contribution in [0.4, 0.5) is 8.78 Å². The molecule has 154 valence electrons. The van der Waals surface area contributed by atoms with Gasteiger partial charge in [-0.15, -0.1) is 11.3 Å². The molecule has 0 spiro atoms. The van der Waals surface area contributed by atoms with Crippen LogP contribution in [-0.2, 0) is 11.8 Å². The van der Waals surface area contributed by atoms with Crippen LogP contribution in [0, 0.1) is 0 Å². The number of alkyl halides is 2. The Morgan fingerprint density at radius 2 is 2.07 bits per heavy atom. The average molecular weight is 402 g/mol. The molecular weight excluding hydrogens is 368 g/mol. The van der Waals surface area contributed by atoms with Gasteiger partial charge in [-0.1, -0.05) is 20.8 Å². The fourth-order valence-corrected chi connectivity index (χ4v) is 4.02. The number of piperidine rings is 1. The van der Waals surface area contributed by atoms with Crippen molar-refractivity contribution in [1.29, 1.82) is 0 Å². The highest BCUT2D eigenvalue weighted by Gasteiger charge is 2.22. The van der Waals surface area contributed by atoms with Gasteiger partial charge in [0.2, 0.25) is 0 Å². The van der Waals surface area contributed by atoms with Gasteiger partial charge in [-0.25, -0.2) is 13.8 Å². The Hall–Kier alpha value is -1.28. The number of aliphatic imine (C=N–C) groups is 1. The van der Waals surface area contributed by atoms with Crippen LogP contribution in [0.1, 0.15) is 51.2 Å². The lowest BCUT2D eigenvalue weighted by atomic mass is 9.93. The van der Waals surface area contributed by atoms with Crippen LogP contribution in [0.15, 0.2) is 10.4 Å². The van der Waals surface area contributed by atoms with Crippen molar-refractivity contribution in [2.24, 2.45) is 4.99 Å². The first-order chi connectivity index (χ1) is 12.8. The number of rotatable bonds is 7. The summed E-state index contributed by atoms with van der Waals surface area (Å²) in [4.78, 5) is 11.2. The van der Waals surface area contributed by atoms with Crippen molar-refractivity contribution >= 4 is 17.3 Å². The summed E-state index contributed by atoms with van der Waals surface area (Å²) in [5.41, 5.74) is 1.21. The minimum absolute atomic E-state index is 0.0771. The van der Waals surface area contributed by atoms with E-state index in [4.69, 9.17) is 4.98 Å². The minimum atomic E-state index is -2.25. The predicted octanol–water partition coefficient (Wildman–Crippen LogP) is 3.27. The first kappa shape index (κ1) is 22.0. The third kappa shape index (κ3) is 7.70. The second-order valence-electron chi connectivity index (χ2n) is 8.00. The van der Waals surface area contributed by atoms with E-state index in [1.54, 1.807) is 11.3 Å². The summed E-state index contributed by atoms with van der Waals surface area (Å²) < 4.78 is 25.0. The molecule has 0 radical (unpaired) electrons. The zero-order chi connectivity index (χ0) is 19.9. The van der Waals surface area contributed by atoms with E-state index < -0.39 is 6.43 Å². The van der Waals surface area contributed by atoms with Crippen molar-refractivity contribution in [3.05, 3.63) is 16.1 Å². The fourth-order valence-electron chi connectivity index (χ4n) is 3.00. The highest BCUT2D eigenvalue weighted by molar-refractivity contribution is 7.09. The lowest BCUT2D eigenvalue weighted by molar-refractivity contribution is 0.0744. The van der Waals surface area contributed by atoms with E-state index >= 15 is 0 Å². The molecule has 0 atom stereocenters. The molecule has 1 aromatic heterocycles. The molecule has 1 aromatic rings. The first-order valence-electron chi connectivity index (χ1n) is 9.78. The summed E-state index contributed by atoms with van der Waals surface area (Å²) in [6, 6.07) is 0.282. The summed E-state index contributed by atoms with van der Waals surface area (Å²) in [6.07, 6.45) is 0.291. The fraction of sp³-hybridized carbons (Fsp3) is 0.789. The lowest BCUT2D eigenvalue weighted by Gasteiger charge is -2.32. The highest BCUT2D eigenvalue weighted by atomic mass is 32.1. The molecule has 2 N–H and O–H groups in total. The molecule has 5 nitrogen and oxygen atoms in total. The van der Waals surface area contributed by atoms with Gasteiger partial charge in [-0.3, -0.25) is 9.89 Å². The Balaban J connectivity index is 1.81. The molecule has 0 amide bonds. The Labute approximate surface area is 165 Å². The maximum Gasteiger partial charge on any atom is 0.251 e. The summed E-state index contributed by atoms with van der Waals surface area (Å²) in [5, 5.41) is 9.98. The molecule has 0 saturated carbocycles. The zero-order valence-electron chi connectivity index (χ0n) is 16.9. The van der Waals surface area contributed by atoms with Crippen LogP contribution >= 0.6 is 11.3 Å². The smallest absolute Gasteiger partial charge is 0.251 e. The molecule has 1 saturated heterocycles. The van der Waals surface area contributed by atoms with E-state index in [1.807, 2.05) is 11.8 Å². The van der Waals surface area contributed by atoms with Crippen molar-refractivity contribution in [1.82, 2.24) is 20.5 Å². The average Bonchev–Trinajstić information content (AvgIpc) is 3.05. The Morgan fingerprint density at radius 1 is 1.37 bits per heavy atom. The first-order valence-corrected chi connectivity index (χ1v) is 10.7. The number of halogens is 2. The van der Waals surface area contributed by atoms with Gasteiger partial charge in [0.05, 0.1) is 17.2 Å². The van der Waals surface area contributed by atoms with Crippen LogP contribution in [0.2, 0.25) is 0 Å². The van der Waals surface area contributed by atoms with Crippen LogP contribution in [0.25, 0.3) is 0 Å². The van der Waals surface area contributed by atoms with E-state index in [1.165, 1.54) is 0 Å². The molecule has 0 unspecified atom stereocenters. The van der Waals surface area contributed by atoms with Crippen molar-refractivity contribution in [2.75, 3.05) is 32.7 Å². The van der Waals surface area contributed by atoms with E-state index in [-0.39, 0.29) is 18.0 Å². The Morgan fingerprint density at radius 3 is 2.63 bits per heavy atom. The normalized spacial score (nSPS) is 17.5. The van der Waals surface area contributed by atoms with Crippen molar-refractivity contribution in [2.45, 2.75) is 64.8 Å². The van der Waals surface area contributed by atoms with Crippen molar-refractivity contribution in [3.8, 4) is 0 Å². The van der Waals surface area contributed by atoms with Crippen LogP contribution < -0.4 is 10.6 Å². The van der Waals surface area contributed by atoms with Gasteiger partial charge in [-0.2, -0.15) is 0 Å². The summed E-state index contributed by atoms with van der Waals surface area (Å²) in [7, 11) is 0. The second-order valence-corrected chi connectivity index (χ2v) is 8.94. The van der Waals surface area contributed by atoms with Crippen LogP contribution in [0.5, 0.6) is 0 Å². The van der Waals surface area contributed by atoms with E-state index in [0.717, 1.165) is 42.5 Å². The number of aromatic nitrogens is 1.